The highest BCUT2D eigenvalue weighted by atomic mass is 16.8. The van der Waals surface area contributed by atoms with Crippen LogP contribution in [0.5, 0.6) is 0 Å². The van der Waals surface area contributed by atoms with E-state index in [1.807, 2.05) is 20.8 Å². The summed E-state index contributed by atoms with van der Waals surface area (Å²) in [6, 6.07) is 0. The van der Waals surface area contributed by atoms with Gasteiger partial charge in [-0.25, -0.2) is 9.59 Å². The molecule has 2 spiro atoms. The molecule has 0 amide bonds. The van der Waals surface area contributed by atoms with Gasteiger partial charge in [-0.05, 0) is 36.8 Å². The molecule has 5 aliphatic rings. The summed E-state index contributed by atoms with van der Waals surface area (Å²) in [5.74, 6) is -2.21. The summed E-state index contributed by atoms with van der Waals surface area (Å²) in [6.45, 7) is 9.49. The summed E-state index contributed by atoms with van der Waals surface area (Å²) >= 11 is 0. The molecule has 1 aliphatic heterocycles. The van der Waals surface area contributed by atoms with Crippen LogP contribution in [0.25, 0.3) is 0 Å². The van der Waals surface area contributed by atoms with Crippen LogP contribution < -0.4 is 0 Å². The second-order valence-corrected chi connectivity index (χ2v) is 14.4. The fraction of sp³-hybridized carbons (Fsp3) is 0.771. The highest BCUT2D eigenvalue weighted by Crippen LogP contribution is 2.76. The third kappa shape index (κ3) is 5.10. The first kappa shape index (κ1) is 33.5. The highest BCUT2D eigenvalue weighted by Gasteiger charge is 2.85. The van der Waals surface area contributed by atoms with E-state index in [-0.39, 0.29) is 23.9 Å². The van der Waals surface area contributed by atoms with E-state index in [2.05, 4.69) is 11.7 Å². The summed E-state index contributed by atoms with van der Waals surface area (Å²) in [5, 5.41) is 12.0. The maximum Gasteiger partial charge on any atom is 0.509 e. The van der Waals surface area contributed by atoms with Gasteiger partial charge in [0.2, 0.25) is 5.60 Å². The summed E-state index contributed by atoms with van der Waals surface area (Å²) in [6.07, 6.45) is 9.90. The predicted molar refractivity (Wildman–Crippen MR) is 163 cm³/mol. The van der Waals surface area contributed by atoms with E-state index < -0.39 is 64.3 Å². The van der Waals surface area contributed by atoms with Crippen molar-refractivity contribution in [1.82, 2.24) is 0 Å². The monoisotopic (exact) mass is 630 g/mol. The van der Waals surface area contributed by atoms with Crippen LogP contribution in [0.1, 0.15) is 105 Å². The third-order valence-electron chi connectivity index (χ3n) is 11.6. The van der Waals surface area contributed by atoms with E-state index in [0.717, 1.165) is 19.3 Å². The number of ketones is 1. The first-order valence-electron chi connectivity index (χ1n) is 16.8. The van der Waals surface area contributed by atoms with Crippen LogP contribution in [0.2, 0.25) is 0 Å². The summed E-state index contributed by atoms with van der Waals surface area (Å²) in [7, 11) is 1.17. The van der Waals surface area contributed by atoms with Crippen molar-refractivity contribution < 1.29 is 48.0 Å². The molecule has 8 atom stereocenters. The number of hydrogen-bond acceptors (Lipinski definition) is 10. The summed E-state index contributed by atoms with van der Waals surface area (Å²) in [5.41, 5.74) is -3.94. The molecular formula is C35H50O10. The fourth-order valence-corrected chi connectivity index (χ4v) is 9.33. The van der Waals surface area contributed by atoms with Gasteiger partial charge in [0, 0.05) is 23.7 Å². The standard InChI is InChI=1S/C35H50O10/c1-7-8-9-10-11-12-13-14-15-16-25(36)44-34-19-22(3)33-18-21(2)29-35(33,45-31(40)43-29)27(37)23(20-42-30(39)41-6)17-24(28(33)38)26(34)32(34,4)5/h17-18,22,24,26-27,29,37H,7-16,19-20H2,1-6H3/t22?,24-,26+,27+,29-,33-,34-,35-/m0/s1. The number of fused-ring (bicyclic) bond motifs is 3. The first-order chi connectivity index (χ1) is 21.3. The Labute approximate surface area is 266 Å². The van der Waals surface area contributed by atoms with Crippen LogP contribution in [0.4, 0.5) is 9.59 Å². The maximum absolute atomic E-state index is 14.9. The summed E-state index contributed by atoms with van der Waals surface area (Å²) in [4.78, 5) is 53.0. The van der Waals surface area contributed by atoms with E-state index in [4.69, 9.17) is 18.9 Å². The van der Waals surface area contributed by atoms with Gasteiger partial charge in [0.1, 0.15) is 18.3 Å². The number of hydrogen-bond donors (Lipinski definition) is 1. The smallest absolute Gasteiger partial charge is 0.458 e. The molecule has 1 heterocycles. The average Bonchev–Trinajstić information content (AvgIpc) is 3.20. The molecule has 2 bridgehead atoms. The average molecular weight is 631 g/mol. The molecule has 1 N–H and O–H groups in total. The number of Topliss-reactive ketones (excluding diaryl/α,β-unsaturated/α-hetero) is 1. The summed E-state index contributed by atoms with van der Waals surface area (Å²) < 4.78 is 27.8. The van der Waals surface area contributed by atoms with E-state index in [1.54, 1.807) is 19.1 Å². The number of allylic oxidation sites excluding steroid dienone is 1. The number of ether oxygens (including phenoxy) is 5. The van der Waals surface area contributed by atoms with Gasteiger partial charge in [-0.2, -0.15) is 0 Å². The lowest BCUT2D eigenvalue weighted by atomic mass is 9.59. The largest absolute Gasteiger partial charge is 0.509 e. The predicted octanol–water partition coefficient (Wildman–Crippen LogP) is 6.37. The van der Waals surface area contributed by atoms with Crippen LogP contribution in [0.15, 0.2) is 23.3 Å². The molecule has 250 valence electrons. The van der Waals surface area contributed by atoms with E-state index in [1.165, 1.54) is 45.6 Å². The van der Waals surface area contributed by atoms with Crippen molar-refractivity contribution in [2.24, 2.45) is 28.6 Å². The third-order valence-corrected chi connectivity index (χ3v) is 11.6. The topological polar surface area (TPSA) is 135 Å². The lowest BCUT2D eigenvalue weighted by molar-refractivity contribution is -0.165. The molecule has 4 aliphatic carbocycles. The number of methoxy groups -OCH3 is 1. The minimum Gasteiger partial charge on any atom is -0.458 e. The Hall–Kier alpha value is -2.88. The first-order valence-corrected chi connectivity index (χ1v) is 16.8. The van der Waals surface area contributed by atoms with Gasteiger partial charge >= 0.3 is 18.3 Å². The van der Waals surface area contributed by atoms with Gasteiger partial charge in [0.25, 0.3) is 0 Å². The van der Waals surface area contributed by atoms with Crippen molar-refractivity contribution in [3.05, 3.63) is 23.3 Å². The molecule has 10 heteroatoms. The number of aliphatic hydroxyl groups is 1. The van der Waals surface area contributed by atoms with Crippen LogP contribution in [-0.2, 0) is 33.3 Å². The number of unbranched alkanes of at least 4 members (excludes halogenated alkanes) is 8. The van der Waals surface area contributed by atoms with Crippen molar-refractivity contribution in [2.75, 3.05) is 13.7 Å². The van der Waals surface area contributed by atoms with Gasteiger partial charge in [-0.15, -0.1) is 0 Å². The van der Waals surface area contributed by atoms with Crippen molar-refractivity contribution >= 4 is 24.1 Å². The number of carbonyl (C=O) groups excluding carboxylic acids is 4. The molecule has 45 heavy (non-hydrogen) atoms. The number of esters is 1. The Morgan fingerprint density at radius 1 is 1.04 bits per heavy atom. The van der Waals surface area contributed by atoms with Gasteiger partial charge in [-0.3, -0.25) is 9.59 Å². The lowest BCUT2D eigenvalue weighted by Crippen LogP contribution is -2.64. The van der Waals surface area contributed by atoms with Crippen LogP contribution in [-0.4, -0.2) is 66.3 Å². The van der Waals surface area contributed by atoms with Gasteiger partial charge in [0.15, 0.2) is 11.9 Å². The molecule has 0 aromatic rings. The van der Waals surface area contributed by atoms with E-state index in [9.17, 15) is 24.3 Å². The molecule has 1 saturated heterocycles. The van der Waals surface area contributed by atoms with E-state index >= 15 is 0 Å². The minimum atomic E-state index is -1.80. The zero-order valence-electron chi connectivity index (χ0n) is 27.6. The molecule has 5 rings (SSSR count). The van der Waals surface area contributed by atoms with Gasteiger partial charge in [-0.1, -0.05) is 91.2 Å². The Kier molecular flexibility index (Phi) is 9.21. The lowest BCUT2D eigenvalue weighted by Gasteiger charge is -2.47. The molecule has 10 nitrogen and oxygen atoms in total. The molecule has 0 aromatic carbocycles. The maximum atomic E-state index is 14.9. The van der Waals surface area contributed by atoms with Gasteiger partial charge in [0.05, 0.1) is 12.5 Å². The molecule has 0 radical (unpaired) electrons. The molecule has 3 fully saturated rings. The highest BCUT2D eigenvalue weighted by molar-refractivity contribution is 5.96. The Bertz CT molecular complexity index is 1270. The molecule has 2 saturated carbocycles. The number of rotatable bonds is 13. The zero-order valence-corrected chi connectivity index (χ0v) is 27.6. The van der Waals surface area contributed by atoms with Crippen LogP contribution >= 0.6 is 0 Å². The van der Waals surface area contributed by atoms with Crippen molar-refractivity contribution in [3.63, 3.8) is 0 Å². The van der Waals surface area contributed by atoms with Crippen molar-refractivity contribution in [3.8, 4) is 0 Å². The Balaban J connectivity index is 1.41. The SMILES string of the molecule is CCCCCCCCCCCC(=O)O[C@@]12CC(C)[C@]34C=C(C)[C@@H]5OC(=O)O[C@@]53[C@H](O)C(COC(=O)OC)=C[C@H](C4=O)[C@@H]1C2(C)C. The molecular weight excluding hydrogens is 580 g/mol. The Morgan fingerprint density at radius 3 is 2.33 bits per heavy atom. The van der Waals surface area contributed by atoms with Crippen LogP contribution in [0.3, 0.4) is 0 Å². The van der Waals surface area contributed by atoms with Crippen LogP contribution in [0, 0.1) is 28.6 Å². The fourth-order valence-electron chi connectivity index (χ4n) is 9.33. The van der Waals surface area contributed by atoms with Gasteiger partial charge < -0.3 is 28.8 Å². The second-order valence-electron chi connectivity index (χ2n) is 14.4. The number of carbonyl (C=O) groups is 4. The quantitative estimate of drug-likeness (QED) is 0.106. The zero-order chi connectivity index (χ0) is 32.8. The van der Waals surface area contributed by atoms with Crippen molar-refractivity contribution in [2.45, 2.75) is 129 Å². The number of aliphatic hydroxyl groups excluding tert-OH is 1. The van der Waals surface area contributed by atoms with Crippen molar-refractivity contribution in [1.29, 1.82) is 0 Å². The second kappa shape index (κ2) is 12.4. The van der Waals surface area contributed by atoms with E-state index in [0.29, 0.717) is 18.4 Å². The minimum absolute atomic E-state index is 0.207. The normalized spacial score (nSPS) is 37.0. The molecule has 0 aromatic heterocycles. The molecule has 1 unspecified atom stereocenters. The Morgan fingerprint density at radius 2 is 1.69 bits per heavy atom.